The van der Waals surface area contributed by atoms with E-state index in [1.165, 1.54) is 5.56 Å². The Bertz CT molecular complexity index is 374. The van der Waals surface area contributed by atoms with E-state index < -0.39 is 0 Å². The summed E-state index contributed by atoms with van der Waals surface area (Å²) in [6.07, 6.45) is 0. The monoisotopic (exact) mass is 221 g/mol. The van der Waals surface area contributed by atoms with Crippen LogP contribution in [-0.2, 0) is 0 Å². The van der Waals surface area contributed by atoms with Gasteiger partial charge in [-0.25, -0.2) is 0 Å². The average Bonchev–Trinajstić information content (AvgIpc) is 2.29. The SMILES string of the molecule is Cc1ccc(C(=O)NCC(C)CO)cc1C. The zero-order valence-electron chi connectivity index (χ0n) is 10.1. The predicted octanol–water partition coefficient (Wildman–Crippen LogP) is 1.66. The Balaban J connectivity index is 2.63. The van der Waals surface area contributed by atoms with Crippen LogP contribution in [0.25, 0.3) is 0 Å². The molecule has 2 N–H and O–H groups in total. The lowest BCUT2D eigenvalue weighted by atomic mass is 10.1. The quantitative estimate of drug-likeness (QED) is 0.812. The van der Waals surface area contributed by atoms with E-state index in [1.807, 2.05) is 39.0 Å². The third-order valence-electron chi connectivity index (χ3n) is 2.69. The van der Waals surface area contributed by atoms with Crippen LogP contribution in [0, 0.1) is 19.8 Å². The second-order valence-electron chi connectivity index (χ2n) is 4.30. The Morgan fingerprint density at radius 3 is 2.62 bits per heavy atom. The largest absolute Gasteiger partial charge is 0.396 e. The Morgan fingerprint density at radius 1 is 1.38 bits per heavy atom. The summed E-state index contributed by atoms with van der Waals surface area (Å²) in [7, 11) is 0. The Labute approximate surface area is 96.5 Å². The first-order valence-corrected chi connectivity index (χ1v) is 5.51. The van der Waals surface area contributed by atoms with Gasteiger partial charge in [0.15, 0.2) is 0 Å². The van der Waals surface area contributed by atoms with Crippen LogP contribution in [0.5, 0.6) is 0 Å². The molecule has 0 heterocycles. The van der Waals surface area contributed by atoms with Crippen molar-refractivity contribution in [2.24, 2.45) is 5.92 Å². The molecule has 1 amide bonds. The van der Waals surface area contributed by atoms with Crippen molar-refractivity contribution >= 4 is 5.91 Å². The zero-order chi connectivity index (χ0) is 12.1. The van der Waals surface area contributed by atoms with E-state index in [4.69, 9.17) is 5.11 Å². The fourth-order valence-electron chi connectivity index (χ4n) is 1.32. The van der Waals surface area contributed by atoms with Gasteiger partial charge in [-0.15, -0.1) is 0 Å². The van der Waals surface area contributed by atoms with Gasteiger partial charge in [-0.3, -0.25) is 4.79 Å². The highest BCUT2D eigenvalue weighted by Crippen LogP contribution is 2.09. The average molecular weight is 221 g/mol. The minimum atomic E-state index is -0.0802. The first-order valence-electron chi connectivity index (χ1n) is 5.51. The molecule has 0 saturated carbocycles. The third-order valence-corrected chi connectivity index (χ3v) is 2.69. The van der Waals surface area contributed by atoms with Crippen LogP contribution in [-0.4, -0.2) is 24.2 Å². The van der Waals surface area contributed by atoms with E-state index in [9.17, 15) is 4.79 Å². The molecule has 1 atom stereocenters. The van der Waals surface area contributed by atoms with E-state index >= 15 is 0 Å². The van der Waals surface area contributed by atoms with Gasteiger partial charge in [0.05, 0.1) is 0 Å². The second-order valence-corrected chi connectivity index (χ2v) is 4.30. The minimum absolute atomic E-state index is 0.0802. The van der Waals surface area contributed by atoms with Crippen molar-refractivity contribution < 1.29 is 9.90 Å². The second kappa shape index (κ2) is 5.66. The fraction of sp³-hybridized carbons (Fsp3) is 0.462. The number of aliphatic hydroxyl groups is 1. The molecule has 3 nitrogen and oxygen atoms in total. The molecule has 0 radical (unpaired) electrons. The van der Waals surface area contributed by atoms with Crippen LogP contribution in [0.1, 0.15) is 28.4 Å². The fourth-order valence-corrected chi connectivity index (χ4v) is 1.32. The zero-order valence-corrected chi connectivity index (χ0v) is 10.1. The lowest BCUT2D eigenvalue weighted by Crippen LogP contribution is -2.29. The number of aliphatic hydroxyl groups excluding tert-OH is 1. The Kier molecular flexibility index (Phi) is 4.50. The molecule has 0 spiro atoms. The van der Waals surface area contributed by atoms with Crippen molar-refractivity contribution in [3.8, 4) is 0 Å². The molecule has 0 saturated heterocycles. The molecule has 0 aliphatic heterocycles. The molecule has 1 aromatic rings. The molecule has 3 heteroatoms. The smallest absolute Gasteiger partial charge is 0.251 e. The third kappa shape index (κ3) is 3.35. The van der Waals surface area contributed by atoms with Crippen LogP contribution in [0.2, 0.25) is 0 Å². The van der Waals surface area contributed by atoms with Gasteiger partial charge in [-0.2, -0.15) is 0 Å². The van der Waals surface area contributed by atoms with Gasteiger partial charge in [-0.05, 0) is 43.0 Å². The van der Waals surface area contributed by atoms with Crippen molar-refractivity contribution in [1.29, 1.82) is 0 Å². The Hall–Kier alpha value is -1.35. The van der Waals surface area contributed by atoms with Crippen molar-refractivity contribution in [1.82, 2.24) is 5.32 Å². The summed E-state index contributed by atoms with van der Waals surface area (Å²) in [4.78, 5) is 11.7. The number of rotatable bonds is 4. The van der Waals surface area contributed by atoms with Gasteiger partial charge in [0, 0.05) is 18.7 Å². The number of amides is 1. The molecule has 0 aromatic heterocycles. The molecule has 1 aromatic carbocycles. The standard InChI is InChI=1S/C13H19NO2/c1-9(8-15)7-14-13(16)12-5-4-10(2)11(3)6-12/h4-6,9,15H,7-8H2,1-3H3,(H,14,16). The molecule has 0 aliphatic carbocycles. The van der Waals surface area contributed by atoms with E-state index in [0.29, 0.717) is 12.1 Å². The van der Waals surface area contributed by atoms with Crippen molar-refractivity contribution in [3.05, 3.63) is 34.9 Å². The van der Waals surface area contributed by atoms with Crippen LogP contribution < -0.4 is 5.32 Å². The maximum atomic E-state index is 11.7. The summed E-state index contributed by atoms with van der Waals surface area (Å²) in [5.74, 6) is 0.0129. The summed E-state index contributed by atoms with van der Waals surface area (Å²) in [6, 6.07) is 5.65. The molecule has 1 unspecified atom stereocenters. The molecule has 16 heavy (non-hydrogen) atoms. The highest BCUT2D eigenvalue weighted by atomic mass is 16.3. The normalized spacial score (nSPS) is 12.2. The minimum Gasteiger partial charge on any atom is -0.396 e. The molecule has 0 aliphatic rings. The topological polar surface area (TPSA) is 49.3 Å². The number of aryl methyl sites for hydroxylation is 2. The molecule has 1 rings (SSSR count). The number of benzene rings is 1. The van der Waals surface area contributed by atoms with Gasteiger partial charge in [0.1, 0.15) is 0 Å². The van der Waals surface area contributed by atoms with Crippen molar-refractivity contribution in [3.63, 3.8) is 0 Å². The van der Waals surface area contributed by atoms with Crippen LogP contribution >= 0.6 is 0 Å². The molecule has 0 bridgehead atoms. The maximum Gasteiger partial charge on any atom is 0.251 e. The van der Waals surface area contributed by atoms with Crippen LogP contribution in [0.15, 0.2) is 18.2 Å². The number of nitrogens with one attached hydrogen (secondary N) is 1. The number of hydrogen-bond acceptors (Lipinski definition) is 2. The van der Waals surface area contributed by atoms with Crippen LogP contribution in [0.3, 0.4) is 0 Å². The lowest BCUT2D eigenvalue weighted by molar-refractivity contribution is 0.0942. The number of hydrogen-bond donors (Lipinski definition) is 2. The van der Waals surface area contributed by atoms with E-state index in [-0.39, 0.29) is 18.4 Å². The first kappa shape index (κ1) is 12.7. The van der Waals surface area contributed by atoms with E-state index in [1.54, 1.807) is 0 Å². The first-order chi connectivity index (χ1) is 7.54. The summed E-state index contributed by atoms with van der Waals surface area (Å²) >= 11 is 0. The molecule has 88 valence electrons. The van der Waals surface area contributed by atoms with Crippen molar-refractivity contribution in [2.45, 2.75) is 20.8 Å². The van der Waals surface area contributed by atoms with E-state index in [2.05, 4.69) is 5.32 Å². The summed E-state index contributed by atoms with van der Waals surface area (Å²) in [5, 5.41) is 11.6. The number of carbonyl (C=O) groups is 1. The predicted molar refractivity (Wildman–Crippen MR) is 64.5 cm³/mol. The molecule has 0 fully saturated rings. The van der Waals surface area contributed by atoms with Gasteiger partial charge in [0.2, 0.25) is 0 Å². The molecular weight excluding hydrogens is 202 g/mol. The van der Waals surface area contributed by atoms with Gasteiger partial charge >= 0.3 is 0 Å². The summed E-state index contributed by atoms with van der Waals surface area (Å²) < 4.78 is 0. The van der Waals surface area contributed by atoms with Gasteiger partial charge in [0.25, 0.3) is 5.91 Å². The summed E-state index contributed by atoms with van der Waals surface area (Å²) in [5.41, 5.74) is 2.97. The number of carbonyl (C=O) groups excluding carboxylic acids is 1. The highest BCUT2D eigenvalue weighted by molar-refractivity contribution is 5.94. The van der Waals surface area contributed by atoms with Crippen LogP contribution in [0.4, 0.5) is 0 Å². The lowest BCUT2D eigenvalue weighted by Gasteiger charge is -2.10. The highest BCUT2D eigenvalue weighted by Gasteiger charge is 2.07. The maximum absolute atomic E-state index is 11.7. The summed E-state index contributed by atoms with van der Waals surface area (Å²) in [6.45, 7) is 6.49. The molecular formula is C13H19NO2. The van der Waals surface area contributed by atoms with Gasteiger partial charge < -0.3 is 10.4 Å². The van der Waals surface area contributed by atoms with E-state index in [0.717, 1.165) is 5.56 Å². The van der Waals surface area contributed by atoms with Crippen molar-refractivity contribution in [2.75, 3.05) is 13.2 Å². The van der Waals surface area contributed by atoms with Gasteiger partial charge in [-0.1, -0.05) is 13.0 Å². The Morgan fingerprint density at radius 2 is 2.06 bits per heavy atom.